The molecule has 2 unspecified atom stereocenters. The molecule has 3 rings (SSSR count). The minimum Gasteiger partial charge on any atom is -0.467 e. The molecule has 3 atom stereocenters. The summed E-state index contributed by atoms with van der Waals surface area (Å²) in [5, 5.41) is 8.75. The van der Waals surface area contributed by atoms with Gasteiger partial charge in [0.05, 0.1) is 12.7 Å². The molecule has 198 valence electrons. The third-order valence-electron chi connectivity index (χ3n) is 5.70. The van der Waals surface area contributed by atoms with Crippen LogP contribution in [0.4, 0.5) is 4.39 Å². The number of benzene rings is 1. The topological polar surface area (TPSA) is 95.9 Å². The van der Waals surface area contributed by atoms with Crippen molar-refractivity contribution < 1.29 is 28.1 Å². The lowest BCUT2D eigenvalue weighted by Gasteiger charge is -2.30. The van der Waals surface area contributed by atoms with Crippen molar-refractivity contribution in [2.75, 3.05) is 27.5 Å². The molecular weight excluding hydrogens is 491 g/mol. The van der Waals surface area contributed by atoms with E-state index in [0.717, 1.165) is 6.42 Å². The molecular formula is C25H34ClFN4O5. The number of nitrogens with zero attached hydrogens (tertiary/aromatic N) is 4. The molecule has 0 amide bonds. The highest BCUT2D eigenvalue weighted by atomic mass is 35.5. The Morgan fingerprint density at radius 3 is 2.69 bits per heavy atom. The van der Waals surface area contributed by atoms with Gasteiger partial charge >= 0.3 is 12.0 Å². The van der Waals surface area contributed by atoms with Crippen LogP contribution in [-0.2, 0) is 14.3 Å². The van der Waals surface area contributed by atoms with Crippen LogP contribution in [0.3, 0.4) is 0 Å². The van der Waals surface area contributed by atoms with Gasteiger partial charge in [0.15, 0.2) is 6.79 Å². The van der Waals surface area contributed by atoms with Gasteiger partial charge in [0.2, 0.25) is 0 Å². The van der Waals surface area contributed by atoms with Crippen LogP contribution >= 0.6 is 11.6 Å². The second-order valence-electron chi connectivity index (χ2n) is 9.81. The Kier molecular flexibility index (Phi) is 9.81. The zero-order valence-corrected chi connectivity index (χ0v) is 22.1. The molecule has 1 aliphatic carbocycles. The molecule has 11 heteroatoms. The van der Waals surface area contributed by atoms with Crippen LogP contribution in [0, 0.1) is 0 Å². The van der Waals surface area contributed by atoms with E-state index in [2.05, 4.69) is 15.2 Å². The number of methoxy groups -OCH3 is 1. The van der Waals surface area contributed by atoms with E-state index in [1.807, 2.05) is 32.7 Å². The Morgan fingerprint density at radius 2 is 2.03 bits per heavy atom. The van der Waals surface area contributed by atoms with Crippen molar-refractivity contribution in [2.45, 2.75) is 70.4 Å². The second-order valence-corrected chi connectivity index (χ2v) is 10.2. The second kappa shape index (κ2) is 12.6. The number of aromatic nitrogens is 3. The fourth-order valence-corrected chi connectivity index (χ4v) is 4.19. The highest BCUT2D eigenvalue weighted by molar-refractivity contribution is 6.30. The maximum absolute atomic E-state index is 14.9. The summed E-state index contributed by atoms with van der Waals surface area (Å²) in [6.07, 6.45) is 1.72. The summed E-state index contributed by atoms with van der Waals surface area (Å²) in [4.78, 5) is 18.4. The highest BCUT2D eigenvalue weighted by Gasteiger charge is 2.33. The summed E-state index contributed by atoms with van der Waals surface area (Å²) in [6.45, 7) is 5.64. The first kappa shape index (κ1) is 28.0. The number of hydrogen-bond acceptors (Lipinski definition) is 9. The number of likely N-dealkylation sites (N-methyl/N-ethyl adjacent to an activating group) is 1. The van der Waals surface area contributed by atoms with Crippen LogP contribution in [0.25, 0.3) is 11.3 Å². The molecule has 9 nitrogen and oxygen atoms in total. The predicted molar refractivity (Wildman–Crippen MR) is 133 cm³/mol. The lowest BCUT2D eigenvalue weighted by molar-refractivity contribution is -0.156. The van der Waals surface area contributed by atoms with E-state index in [1.165, 1.54) is 13.3 Å². The number of esters is 1. The van der Waals surface area contributed by atoms with Crippen molar-refractivity contribution in [3.05, 3.63) is 29.4 Å². The Balaban J connectivity index is 1.68. The van der Waals surface area contributed by atoms with E-state index in [4.69, 9.17) is 30.5 Å². The highest BCUT2D eigenvalue weighted by Crippen LogP contribution is 2.32. The molecule has 0 bridgehead atoms. The van der Waals surface area contributed by atoms with E-state index in [1.54, 1.807) is 18.2 Å². The first-order valence-corrected chi connectivity index (χ1v) is 12.3. The number of alkyl halides is 1. The number of carbonyl (C=O) groups is 1. The zero-order chi connectivity index (χ0) is 26.3. The van der Waals surface area contributed by atoms with Gasteiger partial charge in [-0.2, -0.15) is 0 Å². The molecule has 1 aromatic carbocycles. The van der Waals surface area contributed by atoms with Crippen molar-refractivity contribution >= 4 is 17.6 Å². The molecule has 2 aromatic rings. The molecule has 1 saturated carbocycles. The zero-order valence-electron chi connectivity index (χ0n) is 21.4. The van der Waals surface area contributed by atoms with Crippen molar-refractivity contribution in [3.8, 4) is 23.0 Å². The van der Waals surface area contributed by atoms with Crippen LogP contribution in [0.1, 0.15) is 46.5 Å². The summed E-state index contributed by atoms with van der Waals surface area (Å²) in [6, 6.07) is 5.03. The summed E-state index contributed by atoms with van der Waals surface area (Å²) < 4.78 is 36.7. The molecule has 0 radical (unpaired) electrons. The lowest BCUT2D eigenvalue weighted by Crippen LogP contribution is -2.41. The van der Waals surface area contributed by atoms with Gasteiger partial charge in [0, 0.05) is 30.2 Å². The minimum absolute atomic E-state index is 0.0184. The van der Waals surface area contributed by atoms with Crippen LogP contribution in [0.15, 0.2) is 24.4 Å². The summed E-state index contributed by atoms with van der Waals surface area (Å²) in [7, 11) is 3.36. The van der Waals surface area contributed by atoms with E-state index in [9.17, 15) is 9.18 Å². The van der Waals surface area contributed by atoms with Crippen molar-refractivity contribution in [2.24, 2.45) is 0 Å². The predicted octanol–water partition coefficient (Wildman–Crippen LogP) is 4.48. The third-order valence-corrected chi connectivity index (χ3v) is 5.93. The first-order valence-electron chi connectivity index (χ1n) is 11.9. The summed E-state index contributed by atoms with van der Waals surface area (Å²) in [5.74, 6) is 0.153. The number of halogens is 2. The molecule has 36 heavy (non-hydrogen) atoms. The Labute approximate surface area is 216 Å². The van der Waals surface area contributed by atoms with Crippen molar-refractivity contribution in [1.82, 2.24) is 20.1 Å². The number of rotatable bonds is 9. The van der Waals surface area contributed by atoms with E-state index in [0.29, 0.717) is 41.3 Å². The normalized spacial score (nSPS) is 20.6. The van der Waals surface area contributed by atoms with Gasteiger partial charge in [-0.3, -0.25) is 9.69 Å². The number of hydrogen-bond donors (Lipinski definition) is 0. The average Bonchev–Trinajstić information content (AvgIpc) is 2.98. The van der Waals surface area contributed by atoms with E-state index >= 15 is 0 Å². The maximum Gasteiger partial charge on any atom is 0.336 e. The Bertz CT molecular complexity index is 1000. The van der Waals surface area contributed by atoms with Gasteiger partial charge in [-0.05, 0) is 65.3 Å². The quantitative estimate of drug-likeness (QED) is 0.267. The van der Waals surface area contributed by atoms with Gasteiger partial charge in [-0.1, -0.05) is 16.7 Å². The molecule has 0 aliphatic heterocycles. The average molecular weight is 525 g/mol. The molecule has 1 aromatic heterocycles. The van der Waals surface area contributed by atoms with Crippen molar-refractivity contribution in [1.29, 1.82) is 0 Å². The van der Waals surface area contributed by atoms with Gasteiger partial charge < -0.3 is 18.9 Å². The van der Waals surface area contributed by atoms with Crippen LogP contribution < -0.4 is 9.47 Å². The van der Waals surface area contributed by atoms with Crippen molar-refractivity contribution in [3.63, 3.8) is 0 Å². The summed E-state index contributed by atoms with van der Waals surface area (Å²) >= 11 is 6.08. The largest absolute Gasteiger partial charge is 0.467 e. The van der Waals surface area contributed by atoms with Gasteiger partial charge in [-0.15, -0.1) is 5.10 Å². The van der Waals surface area contributed by atoms with Gasteiger partial charge in [-0.25, -0.2) is 9.37 Å². The fraction of sp³-hybridized carbons (Fsp3) is 0.600. The molecule has 1 heterocycles. The van der Waals surface area contributed by atoms with E-state index in [-0.39, 0.29) is 31.4 Å². The molecule has 0 spiro atoms. The van der Waals surface area contributed by atoms with Gasteiger partial charge in [0.25, 0.3) is 0 Å². The monoisotopic (exact) mass is 524 g/mol. The first-order chi connectivity index (χ1) is 17.1. The minimum atomic E-state index is -1.18. The van der Waals surface area contributed by atoms with Crippen LogP contribution in [-0.4, -0.2) is 77.5 Å². The smallest absolute Gasteiger partial charge is 0.336 e. The fourth-order valence-electron chi connectivity index (χ4n) is 4.02. The Hall–Kier alpha value is -2.56. The molecule has 0 saturated heterocycles. The van der Waals surface area contributed by atoms with Crippen LogP contribution in [0.5, 0.6) is 11.8 Å². The van der Waals surface area contributed by atoms with E-state index < -0.39 is 17.9 Å². The SMILES string of the molecule is COCOc1cc(Cl)ccc1-c1cnc(O[C@H]2CC(N(C)CC(=O)OC(C)(C)C)CCCC2F)nn1. The molecule has 1 fully saturated rings. The lowest BCUT2D eigenvalue weighted by atomic mass is 10.1. The third kappa shape index (κ3) is 8.25. The van der Waals surface area contributed by atoms with Gasteiger partial charge in [0.1, 0.15) is 29.3 Å². The Morgan fingerprint density at radius 1 is 1.25 bits per heavy atom. The van der Waals surface area contributed by atoms with Crippen LogP contribution in [0.2, 0.25) is 5.02 Å². The number of ether oxygens (including phenoxy) is 4. The molecule has 0 N–H and O–H groups in total. The standard InChI is InChI=1S/C25H34ClFN4O5/c1-25(2,3)36-23(32)14-31(4)17-7-6-8-19(27)22(12-17)35-24-28-13-20(29-30-24)18-10-9-16(26)11-21(18)34-15-33-5/h9-11,13,17,19,22H,6-8,12,14-15H2,1-5H3/t17?,19?,22-/m0/s1. The number of carbonyl (C=O) groups excluding carboxylic acids is 1. The maximum atomic E-state index is 14.9. The summed E-state index contributed by atoms with van der Waals surface area (Å²) in [5.41, 5.74) is 0.512. The molecule has 1 aliphatic rings.